The first-order valence-corrected chi connectivity index (χ1v) is 7.19. The number of nitrogens with two attached hydrogens (primary N) is 1. The average molecular weight is 225 g/mol. The van der Waals surface area contributed by atoms with E-state index in [1.807, 2.05) is 0 Å². The molecule has 0 saturated heterocycles. The van der Waals surface area contributed by atoms with Gasteiger partial charge in [0.15, 0.2) is 0 Å². The van der Waals surface area contributed by atoms with Gasteiger partial charge >= 0.3 is 0 Å². The van der Waals surface area contributed by atoms with E-state index in [9.17, 15) is 0 Å². The summed E-state index contributed by atoms with van der Waals surface area (Å²) in [4.78, 5) is 0. The lowest BCUT2D eigenvalue weighted by atomic mass is 9.83. The van der Waals surface area contributed by atoms with Crippen LogP contribution < -0.4 is 5.73 Å². The minimum atomic E-state index is 0.0419. The van der Waals surface area contributed by atoms with Gasteiger partial charge in [-0.2, -0.15) is 0 Å². The first-order valence-electron chi connectivity index (χ1n) is 7.19. The Bertz CT molecular complexity index is 193. The monoisotopic (exact) mass is 225 g/mol. The zero-order valence-electron chi connectivity index (χ0n) is 10.5. The van der Waals surface area contributed by atoms with Crippen LogP contribution in [0, 0.1) is 5.92 Å². The van der Waals surface area contributed by atoms with E-state index in [1.165, 1.54) is 64.2 Å². The van der Waals surface area contributed by atoms with Gasteiger partial charge in [0.2, 0.25) is 0 Å². The molecule has 0 amide bonds. The van der Waals surface area contributed by atoms with Crippen molar-refractivity contribution in [3.8, 4) is 0 Å². The molecule has 16 heavy (non-hydrogen) atoms. The zero-order valence-corrected chi connectivity index (χ0v) is 10.5. The Morgan fingerprint density at radius 3 is 2.19 bits per heavy atom. The summed E-state index contributed by atoms with van der Waals surface area (Å²) in [5.41, 5.74) is 5.99. The van der Waals surface area contributed by atoms with E-state index in [0.717, 1.165) is 19.1 Å². The van der Waals surface area contributed by atoms with Crippen LogP contribution in [0.25, 0.3) is 0 Å². The molecular weight excluding hydrogens is 198 g/mol. The minimum Gasteiger partial charge on any atom is -0.374 e. The molecule has 0 radical (unpaired) electrons. The van der Waals surface area contributed by atoms with Crippen molar-refractivity contribution in [1.82, 2.24) is 0 Å². The molecule has 0 atom stereocenters. The molecule has 0 spiro atoms. The Balaban J connectivity index is 1.73. The number of hydrogen-bond acceptors (Lipinski definition) is 2. The summed E-state index contributed by atoms with van der Waals surface area (Å²) >= 11 is 0. The summed E-state index contributed by atoms with van der Waals surface area (Å²) < 4.78 is 6.18. The molecule has 0 aliphatic heterocycles. The lowest BCUT2D eigenvalue weighted by molar-refractivity contribution is -0.0566. The summed E-state index contributed by atoms with van der Waals surface area (Å²) in [5, 5.41) is 0. The van der Waals surface area contributed by atoms with E-state index in [4.69, 9.17) is 10.5 Å². The number of ether oxygens (including phenoxy) is 1. The fourth-order valence-corrected chi connectivity index (χ4v) is 3.00. The lowest BCUT2D eigenvalue weighted by Gasteiger charge is -2.33. The van der Waals surface area contributed by atoms with Crippen LogP contribution in [0.4, 0.5) is 0 Å². The van der Waals surface area contributed by atoms with Crippen LogP contribution in [0.2, 0.25) is 0 Å². The second kappa shape index (κ2) is 6.02. The molecule has 0 heterocycles. The van der Waals surface area contributed by atoms with E-state index < -0.39 is 0 Å². The SMILES string of the molecule is NCC1(OCCC2CCC2)CCCCCC1. The summed E-state index contributed by atoms with van der Waals surface area (Å²) in [6, 6.07) is 0. The maximum atomic E-state index is 6.18. The molecule has 0 aromatic rings. The summed E-state index contributed by atoms with van der Waals surface area (Å²) in [5.74, 6) is 0.959. The van der Waals surface area contributed by atoms with Crippen LogP contribution in [0.15, 0.2) is 0 Å². The lowest BCUT2D eigenvalue weighted by Crippen LogP contribution is -2.41. The molecular formula is C14H27NO. The number of rotatable bonds is 5. The summed E-state index contributed by atoms with van der Waals surface area (Å²) in [7, 11) is 0. The smallest absolute Gasteiger partial charge is 0.0804 e. The molecule has 2 aliphatic carbocycles. The van der Waals surface area contributed by atoms with Crippen molar-refractivity contribution < 1.29 is 4.74 Å². The standard InChI is InChI=1S/C14H27NO/c15-12-14(9-3-1-2-4-10-14)16-11-8-13-6-5-7-13/h13H,1-12,15H2. The molecule has 0 aromatic heterocycles. The third-order valence-corrected chi connectivity index (χ3v) is 4.55. The van der Waals surface area contributed by atoms with Crippen LogP contribution >= 0.6 is 0 Å². The molecule has 2 heteroatoms. The van der Waals surface area contributed by atoms with E-state index in [-0.39, 0.29) is 5.60 Å². The minimum absolute atomic E-state index is 0.0419. The highest BCUT2D eigenvalue weighted by atomic mass is 16.5. The predicted molar refractivity (Wildman–Crippen MR) is 67.4 cm³/mol. The van der Waals surface area contributed by atoms with Gasteiger partial charge in [0.25, 0.3) is 0 Å². The second-order valence-electron chi connectivity index (χ2n) is 5.74. The first kappa shape index (κ1) is 12.4. The maximum Gasteiger partial charge on any atom is 0.0804 e. The Hall–Kier alpha value is -0.0800. The Labute approximate surface area is 99.9 Å². The molecule has 2 rings (SSSR count). The van der Waals surface area contributed by atoms with Crippen molar-refractivity contribution in [1.29, 1.82) is 0 Å². The van der Waals surface area contributed by atoms with E-state index in [2.05, 4.69) is 0 Å². The third kappa shape index (κ3) is 3.21. The van der Waals surface area contributed by atoms with Crippen LogP contribution in [-0.2, 0) is 4.74 Å². The maximum absolute atomic E-state index is 6.18. The Kier molecular flexibility index (Phi) is 4.66. The van der Waals surface area contributed by atoms with Gasteiger partial charge in [-0.05, 0) is 25.2 Å². The van der Waals surface area contributed by atoms with Crippen LogP contribution in [0.1, 0.15) is 64.2 Å². The molecule has 2 saturated carbocycles. The molecule has 2 nitrogen and oxygen atoms in total. The van der Waals surface area contributed by atoms with Crippen LogP contribution in [0.5, 0.6) is 0 Å². The van der Waals surface area contributed by atoms with Gasteiger partial charge in [-0.15, -0.1) is 0 Å². The predicted octanol–water partition coefficient (Wildman–Crippen LogP) is 3.24. The van der Waals surface area contributed by atoms with Crippen molar-refractivity contribution >= 4 is 0 Å². The molecule has 2 fully saturated rings. The van der Waals surface area contributed by atoms with Gasteiger partial charge < -0.3 is 10.5 Å². The van der Waals surface area contributed by atoms with Gasteiger partial charge in [-0.1, -0.05) is 44.9 Å². The molecule has 0 unspecified atom stereocenters. The van der Waals surface area contributed by atoms with Gasteiger partial charge in [-0.25, -0.2) is 0 Å². The van der Waals surface area contributed by atoms with Crippen LogP contribution in [-0.4, -0.2) is 18.8 Å². The Morgan fingerprint density at radius 1 is 1.00 bits per heavy atom. The van der Waals surface area contributed by atoms with E-state index in [1.54, 1.807) is 0 Å². The summed E-state index contributed by atoms with van der Waals surface area (Å²) in [6.07, 6.45) is 13.3. The van der Waals surface area contributed by atoms with Gasteiger partial charge in [-0.3, -0.25) is 0 Å². The zero-order chi connectivity index (χ0) is 11.3. The normalized spacial score (nSPS) is 26.1. The second-order valence-corrected chi connectivity index (χ2v) is 5.74. The van der Waals surface area contributed by atoms with Crippen molar-refractivity contribution in [2.75, 3.05) is 13.2 Å². The van der Waals surface area contributed by atoms with Gasteiger partial charge in [0, 0.05) is 13.2 Å². The van der Waals surface area contributed by atoms with Crippen molar-refractivity contribution in [3.05, 3.63) is 0 Å². The largest absolute Gasteiger partial charge is 0.374 e. The average Bonchev–Trinajstić information content (AvgIpc) is 2.48. The molecule has 2 N–H and O–H groups in total. The highest BCUT2D eigenvalue weighted by Crippen LogP contribution is 2.32. The van der Waals surface area contributed by atoms with Gasteiger partial charge in [0.1, 0.15) is 0 Å². The molecule has 94 valence electrons. The molecule has 0 bridgehead atoms. The molecule has 0 aromatic carbocycles. The fourth-order valence-electron chi connectivity index (χ4n) is 3.00. The van der Waals surface area contributed by atoms with Crippen molar-refractivity contribution in [2.45, 2.75) is 69.8 Å². The molecule has 2 aliphatic rings. The van der Waals surface area contributed by atoms with Crippen LogP contribution in [0.3, 0.4) is 0 Å². The van der Waals surface area contributed by atoms with E-state index >= 15 is 0 Å². The highest BCUT2D eigenvalue weighted by molar-refractivity contribution is 4.84. The number of hydrogen-bond donors (Lipinski definition) is 1. The quantitative estimate of drug-likeness (QED) is 0.729. The van der Waals surface area contributed by atoms with E-state index in [0.29, 0.717) is 0 Å². The summed E-state index contributed by atoms with van der Waals surface area (Å²) in [6.45, 7) is 1.67. The topological polar surface area (TPSA) is 35.2 Å². The third-order valence-electron chi connectivity index (χ3n) is 4.55. The van der Waals surface area contributed by atoms with Crippen molar-refractivity contribution in [3.63, 3.8) is 0 Å². The van der Waals surface area contributed by atoms with Gasteiger partial charge in [0.05, 0.1) is 5.60 Å². The highest BCUT2D eigenvalue weighted by Gasteiger charge is 2.30. The first-order chi connectivity index (χ1) is 7.85. The van der Waals surface area contributed by atoms with Crippen molar-refractivity contribution in [2.24, 2.45) is 11.7 Å². The fraction of sp³-hybridized carbons (Fsp3) is 1.00. The Morgan fingerprint density at radius 2 is 1.69 bits per heavy atom.